The summed E-state index contributed by atoms with van der Waals surface area (Å²) in [5.74, 6) is -0.813. The van der Waals surface area contributed by atoms with Crippen LogP contribution >= 0.6 is 11.6 Å². The van der Waals surface area contributed by atoms with Crippen LogP contribution in [0.1, 0.15) is 19.4 Å². The van der Waals surface area contributed by atoms with Crippen LogP contribution in [-0.4, -0.2) is 34.3 Å². The third kappa shape index (κ3) is 4.84. The Labute approximate surface area is 174 Å². The van der Waals surface area contributed by atoms with E-state index in [-0.39, 0.29) is 12.3 Å². The minimum atomic E-state index is -1.12. The molecule has 7 heteroatoms. The first-order chi connectivity index (χ1) is 13.8. The number of halogens is 1. The van der Waals surface area contributed by atoms with E-state index in [1.807, 2.05) is 48.7 Å². The first-order valence-corrected chi connectivity index (χ1v) is 9.47. The van der Waals surface area contributed by atoms with E-state index < -0.39 is 11.5 Å². The van der Waals surface area contributed by atoms with Crippen molar-refractivity contribution in [1.29, 1.82) is 0 Å². The zero-order valence-electron chi connectivity index (χ0n) is 16.5. The molecule has 0 spiro atoms. The molecule has 0 aliphatic carbocycles. The molecule has 1 amide bonds. The third-order valence-electron chi connectivity index (χ3n) is 4.43. The molecule has 0 saturated carbocycles. The average molecular weight is 412 g/mol. The summed E-state index contributed by atoms with van der Waals surface area (Å²) in [5, 5.41) is 8.02. The van der Waals surface area contributed by atoms with Crippen LogP contribution in [0.15, 0.2) is 60.8 Å². The van der Waals surface area contributed by atoms with E-state index in [1.54, 1.807) is 30.7 Å². The Morgan fingerprint density at radius 2 is 1.76 bits per heavy atom. The van der Waals surface area contributed by atoms with Crippen LogP contribution in [-0.2, 0) is 20.7 Å². The molecular formula is C22H22ClN3O3. The summed E-state index contributed by atoms with van der Waals surface area (Å²) in [4.78, 5) is 24.5. The van der Waals surface area contributed by atoms with Crippen molar-refractivity contribution in [2.75, 3.05) is 7.11 Å². The molecule has 0 aliphatic rings. The van der Waals surface area contributed by atoms with Crippen molar-refractivity contribution in [3.63, 3.8) is 0 Å². The summed E-state index contributed by atoms with van der Waals surface area (Å²) < 4.78 is 6.48. The van der Waals surface area contributed by atoms with Gasteiger partial charge in [0.2, 0.25) is 5.91 Å². The van der Waals surface area contributed by atoms with E-state index in [2.05, 4.69) is 10.4 Å². The number of esters is 1. The molecule has 6 nitrogen and oxygen atoms in total. The van der Waals surface area contributed by atoms with Gasteiger partial charge >= 0.3 is 5.97 Å². The highest BCUT2D eigenvalue weighted by Gasteiger charge is 2.30. The summed E-state index contributed by atoms with van der Waals surface area (Å²) in [6.07, 6.45) is 1.88. The smallest absolute Gasteiger partial charge is 0.330 e. The van der Waals surface area contributed by atoms with E-state index in [4.69, 9.17) is 16.3 Å². The average Bonchev–Trinajstić information content (AvgIpc) is 3.11. The van der Waals surface area contributed by atoms with Crippen LogP contribution in [0.4, 0.5) is 0 Å². The monoisotopic (exact) mass is 411 g/mol. The number of carbonyl (C=O) groups excluding carboxylic acids is 2. The zero-order chi connectivity index (χ0) is 21.0. The maximum absolute atomic E-state index is 12.7. The number of benzene rings is 2. The molecule has 0 bridgehead atoms. The third-order valence-corrected chi connectivity index (χ3v) is 4.68. The molecule has 0 unspecified atom stereocenters. The Morgan fingerprint density at radius 3 is 2.38 bits per heavy atom. The standard InChI is InChI=1S/C22H22ClN3O3/c1-22(2,21(28)29-3)24-19(27)13-16-14-26(18-7-5-4-6-8-18)25-20(16)15-9-11-17(23)12-10-15/h4-12,14H,13H2,1-3H3,(H,24,27). The van der Waals surface area contributed by atoms with Gasteiger partial charge in [-0.05, 0) is 38.1 Å². The van der Waals surface area contributed by atoms with E-state index in [0.29, 0.717) is 10.7 Å². The lowest BCUT2D eigenvalue weighted by molar-refractivity contribution is -0.149. The SMILES string of the molecule is COC(=O)C(C)(C)NC(=O)Cc1cn(-c2ccccc2)nc1-c1ccc(Cl)cc1. The molecule has 1 N–H and O–H groups in total. The van der Waals surface area contributed by atoms with Crippen LogP contribution in [0.5, 0.6) is 0 Å². The van der Waals surface area contributed by atoms with E-state index in [9.17, 15) is 9.59 Å². The van der Waals surface area contributed by atoms with Crippen LogP contribution in [0, 0.1) is 0 Å². The summed E-state index contributed by atoms with van der Waals surface area (Å²) in [7, 11) is 1.29. The van der Waals surface area contributed by atoms with Crippen molar-refractivity contribution in [3.05, 3.63) is 71.4 Å². The minimum Gasteiger partial charge on any atom is -0.467 e. The molecule has 150 valence electrons. The summed E-state index contributed by atoms with van der Waals surface area (Å²) in [6, 6.07) is 16.9. The van der Waals surface area contributed by atoms with Crippen molar-refractivity contribution in [2.24, 2.45) is 0 Å². The molecule has 0 fully saturated rings. The van der Waals surface area contributed by atoms with Crippen LogP contribution in [0.25, 0.3) is 16.9 Å². The Balaban J connectivity index is 1.94. The quantitative estimate of drug-likeness (QED) is 0.626. The second-order valence-corrected chi connectivity index (χ2v) is 7.57. The van der Waals surface area contributed by atoms with Crippen LogP contribution < -0.4 is 5.32 Å². The first-order valence-electron chi connectivity index (χ1n) is 9.09. The van der Waals surface area contributed by atoms with Gasteiger partial charge < -0.3 is 10.1 Å². The Kier molecular flexibility index (Phi) is 6.03. The van der Waals surface area contributed by atoms with Gasteiger partial charge in [-0.25, -0.2) is 9.48 Å². The Bertz CT molecular complexity index is 1010. The van der Waals surface area contributed by atoms with Crippen molar-refractivity contribution in [1.82, 2.24) is 15.1 Å². The highest BCUT2D eigenvalue weighted by molar-refractivity contribution is 6.30. The number of nitrogens with zero attached hydrogens (tertiary/aromatic N) is 2. The number of hydrogen-bond acceptors (Lipinski definition) is 4. The highest BCUT2D eigenvalue weighted by Crippen LogP contribution is 2.26. The van der Waals surface area contributed by atoms with Gasteiger partial charge in [-0.1, -0.05) is 41.9 Å². The molecule has 1 aromatic heterocycles. The summed E-state index contributed by atoms with van der Waals surface area (Å²) in [6.45, 7) is 3.20. The fraction of sp³-hybridized carbons (Fsp3) is 0.227. The van der Waals surface area contributed by atoms with Gasteiger partial charge in [0, 0.05) is 22.3 Å². The van der Waals surface area contributed by atoms with Crippen molar-refractivity contribution >= 4 is 23.5 Å². The van der Waals surface area contributed by atoms with Gasteiger partial charge in [0.25, 0.3) is 0 Å². The van der Waals surface area contributed by atoms with Crippen molar-refractivity contribution in [3.8, 4) is 16.9 Å². The van der Waals surface area contributed by atoms with Gasteiger partial charge in [-0.2, -0.15) is 5.10 Å². The first kappa shape index (κ1) is 20.6. The molecule has 0 atom stereocenters. The normalized spacial score (nSPS) is 11.2. The van der Waals surface area contributed by atoms with Gasteiger partial charge in [-0.3, -0.25) is 4.79 Å². The Morgan fingerprint density at radius 1 is 1.10 bits per heavy atom. The number of para-hydroxylation sites is 1. The largest absolute Gasteiger partial charge is 0.467 e. The number of nitrogens with one attached hydrogen (secondary N) is 1. The molecule has 0 radical (unpaired) electrons. The Hall–Kier alpha value is -3.12. The second kappa shape index (κ2) is 8.49. The topological polar surface area (TPSA) is 73.2 Å². The second-order valence-electron chi connectivity index (χ2n) is 7.13. The number of rotatable bonds is 6. The fourth-order valence-electron chi connectivity index (χ4n) is 2.97. The lowest BCUT2D eigenvalue weighted by atomic mass is 10.0. The van der Waals surface area contributed by atoms with E-state index in [1.165, 1.54) is 7.11 Å². The summed E-state index contributed by atoms with van der Waals surface area (Å²) >= 11 is 6.01. The van der Waals surface area contributed by atoms with Gasteiger partial charge in [0.1, 0.15) is 5.54 Å². The highest BCUT2D eigenvalue weighted by atomic mass is 35.5. The molecule has 3 rings (SSSR count). The maximum Gasteiger partial charge on any atom is 0.330 e. The zero-order valence-corrected chi connectivity index (χ0v) is 17.2. The predicted octanol–water partition coefficient (Wildman–Crippen LogP) is 3.80. The number of amides is 1. The van der Waals surface area contributed by atoms with Gasteiger partial charge in [0.15, 0.2) is 0 Å². The molecular weight excluding hydrogens is 390 g/mol. The maximum atomic E-state index is 12.7. The van der Waals surface area contributed by atoms with Crippen LogP contribution in [0.3, 0.4) is 0 Å². The van der Waals surface area contributed by atoms with Gasteiger partial charge in [0.05, 0.1) is 24.9 Å². The lowest BCUT2D eigenvalue weighted by Crippen LogP contribution is -2.50. The summed E-state index contributed by atoms with van der Waals surface area (Å²) in [5.41, 5.74) is 2.01. The molecule has 29 heavy (non-hydrogen) atoms. The molecule has 0 saturated heterocycles. The molecule has 3 aromatic rings. The lowest BCUT2D eigenvalue weighted by Gasteiger charge is -2.23. The minimum absolute atomic E-state index is 0.0607. The van der Waals surface area contributed by atoms with Crippen LogP contribution in [0.2, 0.25) is 5.02 Å². The molecule has 0 aliphatic heterocycles. The van der Waals surface area contributed by atoms with E-state index in [0.717, 1.165) is 16.8 Å². The number of aromatic nitrogens is 2. The fourth-order valence-corrected chi connectivity index (χ4v) is 3.10. The molecule has 1 heterocycles. The van der Waals surface area contributed by atoms with Crippen molar-refractivity contribution < 1.29 is 14.3 Å². The number of ether oxygens (including phenoxy) is 1. The van der Waals surface area contributed by atoms with E-state index >= 15 is 0 Å². The number of carbonyl (C=O) groups is 2. The van der Waals surface area contributed by atoms with Crippen molar-refractivity contribution in [2.45, 2.75) is 25.8 Å². The molecule has 2 aromatic carbocycles. The number of methoxy groups -OCH3 is 1. The number of hydrogen-bond donors (Lipinski definition) is 1. The van der Waals surface area contributed by atoms with Gasteiger partial charge in [-0.15, -0.1) is 0 Å². The predicted molar refractivity (Wildman–Crippen MR) is 112 cm³/mol.